The summed E-state index contributed by atoms with van der Waals surface area (Å²) in [5.41, 5.74) is 9.79. The monoisotopic (exact) mass is 280 g/mol. The van der Waals surface area contributed by atoms with Gasteiger partial charge >= 0.3 is 0 Å². The van der Waals surface area contributed by atoms with Crippen molar-refractivity contribution in [2.45, 2.75) is 19.3 Å². The van der Waals surface area contributed by atoms with E-state index in [1.807, 2.05) is 18.2 Å². The molecule has 4 heteroatoms. The molecule has 0 aliphatic carbocycles. The molecule has 3 aromatic rings. The van der Waals surface area contributed by atoms with E-state index in [1.54, 1.807) is 0 Å². The van der Waals surface area contributed by atoms with Crippen molar-refractivity contribution < 1.29 is 0 Å². The second-order valence-electron chi connectivity index (χ2n) is 5.39. The van der Waals surface area contributed by atoms with E-state index in [0.717, 1.165) is 35.6 Å². The molecule has 0 saturated heterocycles. The van der Waals surface area contributed by atoms with Gasteiger partial charge in [-0.2, -0.15) is 0 Å². The quantitative estimate of drug-likeness (QED) is 0.623. The lowest BCUT2D eigenvalue weighted by Gasteiger charge is -2.11. The first-order valence-electron chi connectivity index (χ1n) is 7.26. The highest BCUT2D eigenvalue weighted by molar-refractivity contribution is 5.80. The minimum absolute atomic E-state index is 0.527. The number of hydrogen-bond acceptors (Lipinski definition) is 3. The molecular weight excluding hydrogens is 260 g/mol. The number of anilines is 2. The molecule has 0 aliphatic heterocycles. The maximum absolute atomic E-state index is 5.77. The Labute approximate surface area is 124 Å². The van der Waals surface area contributed by atoms with Crippen LogP contribution in [-0.2, 0) is 0 Å². The Hall–Kier alpha value is -2.49. The summed E-state index contributed by atoms with van der Waals surface area (Å²) >= 11 is 0. The number of nitrogens with two attached hydrogens (primary N) is 1. The molecule has 0 saturated carbocycles. The minimum Gasteiger partial charge on any atom is -0.399 e. The molecule has 0 bridgehead atoms. The second kappa shape index (κ2) is 5.87. The van der Waals surface area contributed by atoms with Gasteiger partial charge in [0.05, 0.1) is 11.0 Å². The van der Waals surface area contributed by atoms with E-state index in [-0.39, 0.29) is 0 Å². The summed E-state index contributed by atoms with van der Waals surface area (Å²) in [4.78, 5) is 7.75. The van der Waals surface area contributed by atoms with E-state index >= 15 is 0 Å². The predicted molar refractivity (Wildman–Crippen MR) is 88.5 cm³/mol. The van der Waals surface area contributed by atoms with Gasteiger partial charge in [0.2, 0.25) is 5.95 Å². The standard InChI is InChI=1S/C17H20N4/c1-12(13-5-3-2-4-6-13)9-10-19-17-20-15-8-7-14(18)11-16(15)21-17/h2-8,11-12H,9-10,18H2,1H3,(H2,19,20,21). The minimum atomic E-state index is 0.527. The van der Waals surface area contributed by atoms with Crippen LogP contribution in [0, 0.1) is 0 Å². The zero-order valence-corrected chi connectivity index (χ0v) is 12.1. The molecule has 21 heavy (non-hydrogen) atoms. The van der Waals surface area contributed by atoms with Crippen molar-refractivity contribution in [1.82, 2.24) is 9.97 Å². The molecule has 3 rings (SSSR count). The SMILES string of the molecule is CC(CCNc1nc2ccc(N)cc2[nH]1)c1ccccc1. The number of nitrogens with zero attached hydrogens (tertiary/aromatic N) is 1. The molecule has 4 nitrogen and oxygen atoms in total. The van der Waals surface area contributed by atoms with Crippen LogP contribution in [0.5, 0.6) is 0 Å². The number of nitrogen functional groups attached to an aromatic ring is 1. The van der Waals surface area contributed by atoms with Crippen LogP contribution in [0.15, 0.2) is 48.5 Å². The van der Waals surface area contributed by atoms with Crippen molar-refractivity contribution in [3.8, 4) is 0 Å². The Bertz CT molecular complexity index is 718. The zero-order valence-electron chi connectivity index (χ0n) is 12.1. The molecule has 0 radical (unpaired) electrons. The van der Waals surface area contributed by atoms with Gasteiger partial charge in [-0.25, -0.2) is 4.98 Å². The van der Waals surface area contributed by atoms with Gasteiger partial charge in [0, 0.05) is 12.2 Å². The predicted octanol–water partition coefficient (Wildman–Crippen LogP) is 3.75. The average Bonchev–Trinajstić information content (AvgIpc) is 2.89. The van der Waals surface area contributed by atoms with Crippen molar-refractivity contribution in [1.29, 1.82) is 0 Å². The summed E-state index contributed by atoms with van der Waals surface area (Å²) in [6.07, 6.45) is 1.06. The average molecular weight is 280 g/mol. The van der Waals surface area contributed by atoms with E-state index in [1.165, 1.54) is 5.56 Å². The Morgan fingerprint density at radius 1 is 1.19 bits per heavy atom. The normalized spacial score (nSPS) is 12.4. The van der Waals surface area contributed by atoms with Crippen LogP contribution in [0.1, 0.15) is 24.8 Å². The Balaban J connectivity index is 1.59. The van der Waals surface area contributed by atoms with Gasteiger partial charge in [0.25, 0.3) is 0 Å². The van der Waals surface area contributed by atoms with Crippen molar-refractivity contribution in [2.24, 2.45) is 0 Å². The van der Waals surface area contributed by atoms with E-state index < -0.39 is 0 Å². The van der Waals surface area contributed by atoms with Crippen LogP contribution >= 0.6 is 0 Å². The number of aromatic amines is 1. The van der Waals surface area contributed by atoms with Crippen LogP contribution in [0.3, 0.4) is 0 Å². The van der Waals surface area contributed by atoms with Crippen molar-refractivity contribution in [2.75, 3.05) is 17.6 Å². The highest BCUT2D eigenvalue weighted by Gasteiger charge is 2.06. The third-order valence-corrected chi connectivity index (χ3v) is 3.74. The highest BCUT2D eigenvalue weighted by atomic mass is 15.1. The number of hydrogen-bond donors (Lipinski definition) is 3. The third kappa shape index (κ3) is 3.16. The first-order chi connectivity index (χ1) is 10.2. The first kappa shape index (κ1) is 13.5. The van der Waals surface area contributed by atoms with Gasteiger partial charge in [-0.1, -0.05) is 37.3 Å². The Kier molecular flexibility index (Phi) is 3.77. The molecule has 1 unspecified atom stereocenters. The van der Waals surface area contributed by atoms with Gasteiger partial charge in [0.15, 0.2) is 0 Å². The molecule has 1 aromatic heterocycles. The molecule has 108 valence electrons. The van der Waals surface area contributed by atoms with E-state index in [9.17, 15) is 0 Å². The number of rotatable bonds is 5. The fourth-order valence-electron chi connectivity index (χ4n) is 2.47. The van der Waals surface area contributed by atoms with Gasteiger partial charge in [0.1, 0.15) is 0 Å². The summed E-state index contributed by atoms with van der Waals surface area (Å²) < 4.78 is 0. The zero-order chi connectivity index (χ0) is 14.7. The Morgan fingerprint density at radius 2 is 2.00 bits per heavy atom. The van der Waals surface area contributed by atoms with Gasteiger partial charge in [-0.3, -0.25) is 0 Å². The molecule has 1 heterocycles. The van der Waals surface area contributed by atoms with Gasteiger partial charge in [-0.05, 0) is 36.1 Å². The van der Waals surface area contributed by atoms with Crippen LogP contribution in [0.4, 0.5) is 11.6 Å². The number of H-pyrrole nitrogens is 1. The van der Waals surface area contributed by atoms with Gasteiger partial charge in [-0.15, -0.1) is 0 Å². The fourth-order valence-corrected chi connectivity index (χ4v) is 2.47. The van der Waals surface area contributed by atoms with Gasteiger partial charge < -0.3 is 16.0 Å². The molecule has 0 amide bonds. The maximum Gasteiger partial charge on any atom is 0.201 e. The van der Waals surface area contributed by atoms with Crippen molar-refractivity contribution in [3.63, 3.8) is 0 Å². The second-order valence-corrected chi connectivity index (χ2v) is 5.39. The largest absolute Gasteiger partial charge is 0.399 e. The molecule has 4 N–H and O–H groups in total. The molecule has 1 atom stereocenters. The lowest BCUT2D eigenvalue weighted by molar-refractivity contribution is 0.704. The van der Waals surface area contributed by atoms with Crippen molar-refractivity contribution in [3.05, 3.63) is 54.1 Å². The number of nitrogens with one attached hydrogen (secondary N) is 2. The molecule has 2 aromatic carbocycles. The molecule has 0 aliphatic rings. The molecule has 0 fully saturated rings. The highest BCUT2D eigenvalue weighted by Crippen LogP contribution is 2.20. The number of benzene rings is 2. The lowest BCUT2D eigenvalue weighted by Crippen LogP contribution is -2.06. The van der Waals surface area contributed by atoms with Crippen LogP contribution < -0.4 is 11.1 Å². The number of imidazole rings is 1. The summed E-state index contributed by atoms with van der Waals surface area (Å²) in [7, 11) is 0. The summed E-state index contributed by atoms with van der Waals surface area (Å²) in [6.45, 7) is 3.13. The third-order valence-electron chi connectivity index (χ3n) is 3.74. The van der Waals surface area contributed by atoms with Crippen LogP contribution in [0.25, 0.3) is 11.0 Å². The van der Waals surface area contributed by atoms with E-state index in [2.05, 4.69) is 52.5 Å². The molecule has 0 spiro atoms. The smallest absolute Gasteiger partial charge is 0.201 e. The number of aromatic nitrogens is 2. The topological polar surface area (TPSA) is 66.7 Å². The van der Waals surface area contributed by atoms with E-state index in [4.69, 9.17) is 5.73 Å². The lowest BCUT2D eigenvalue weighted by atomic mass is 9.98. The van der Waals surface area contributed by atoms with Crippen LogP contribution in [0.2, 0.25) is 0 Å². The summed E-state index contributed by atoms with van der Waals surface area (Å²) in [5.74, 6) is 1.33. The van der Waals surface area contributed by atoms with E-state index in [0.29, 0.717) is 5.92 Å². The summed E-state index contributed by atoms with van der Waals surface area (Å²) in [5, 5.41) is 3.35. The van der Waals surface area contributed by atoms with Crippen molar-refractivity contribution >= 4 is 22.7 Å². The maximum atomic E-state index is 5.77. The fraction of sp³-hybridized carbons (Fsp3) is 0.235. The number of fused-ring (bicyclic) bond motifs is 1. The summed E-state index contributed by atoms with van der Waals surface area (Å²) in [6, 6.07) is 16.3. The first-order valence-corrected chi connectivity index (χ1v) is 7.26. The molecular formula is C17H20N4. The van der Waals surface area contributed by atoms with Crippen LogP contribution in [-0.4, -0.2) is 16.5 Å². The Morgan fingerprint density at radius 3 is 2.81 bits per heavy atom.